The van der Waals surface area contributed by atoms with Crippen LogP contribution in [0.1, 0.15) is 0 Å². The van der Waals surface area contributed by atoms with Gasteiger partial charge in [0.1, 0.15) is 6.33 Å². The van der Waals surface area contributed by atoms with Gasteiger partial charge in [-0.3, -0.25) is 4.57 Å². The number of para-hydroxylation sites is 1. The molecule has 2 aromatic rings. The number of benzene rings is 1. The second-order valence-corrected chi connectivity index (χ2v) is 4.28. The molecule has 0 fully saturated rings. The smallest absolute Gasteiger partial charge is 0.196 e. The van der Waals surface area contributed by atoms with Crippen molar-refractivity contribution in [1.82, 2.24) is 14.8 Å². The minimum atomic E-state index is 0.559. The van der Waals surface area contributed by atoms with Crippen LogP contribution >= 0.6 is 23.4 Å². The maximum atomic E-state index is 6.10. The van der Waals surface area contributed by atoms with E-state index in [0.29, 0.717) is 10.8 Å². The average molecular weight is 250 g/mol. The second kappa shape index (κ2) is 5.06. The predicted molar refractivity (Wildman–Crippen MR) is 65.9 cm³/mol. The van der Waals surface area contributed by atoms with Crippen molar-refractivity contribution in [2.24, 2.45) is 0 Å². The van der Waals surface area contributed by atoms with Gasteiger partial charge in [-0.2, -0.15) is 0 Å². The summed E-state index contributed by atoms with van der Waals surface area (Å²) in [6, 6.07) is 7.53. The summed E-state index contributed by atoms with van der Waals surface area (Å²) in [5.41, 5.74) is 0.855. The van der Waals surface area contributed by atoms with Crippen LogP contribution in [0.25, 0.3) is 5.69 Å². The van der Waals surface area contributed by atoms with Crippen LogP contribution in [0.4, 0.5) is 0 Å². The molecule has 0 aliphatic rings. The number of nitrogens with zero attached hydrogens (tertiary/aromatic N) is 3. The third-order valence-electron chi connectivity index (χ3n) is 1.91. The minimum Gasteiger partial charge on any atom is -0.275 e. The fourth-order valence-electron chi connectivity index (χ4n) is 1.24. The van der Waals surface area contributed by atoms with Gasteiger partial charge in [-0.15, -0.1) is 16.6 Å². The number of hydrogen-bond donors (Lipinski definition) is 0. The molecular formula is C11H8ClN3S. The first-order valence-corrected chi connectivity index (χ1v) is 5.90. The third kappa shape index (κ3) is 2.21. The molecule has 0 N–H and O–H groups in total. The van der Waals surface area contributed by atoms with Gasteiger partial charge in [-0.05, 0) is 12.1 Å². The van der Waals surface area contributed by atoms with Crippen LogP contribution in [-0.4, -0.2) is 20.5 Å². The molecule has 0 atom stereocenters. The van der Waals surface area contributed by atoms with E-state index in [9.17, 15) is 0 Å². The van der Waals surface area contributed by atoms with Gasteiger partial charge in [-0.25, -0.2) is 0 Å². The number of thioether (sulfide) groups is 1. The summed E-state index contributed by atoms with van der Waals surface area (Å²) in [4.78, 5) is 0. The van der Waals surface area contributed by atoms with Gasteiger partial charge < -0.3 is 0 Å². The van der Waals surface area contributed by atoms with Crippen LogP contribution < -0.4 is 0 Å². The van der Waals surface area contributed by atoms with Crippen LogP contribution in [0.3, 0.4) is 0 Å². The second-order valence-electron chi connectivity index (χ2n) is 2.93. The Bertz CT molecular complexity index is 530. The first-order valence-electron chi connectivity index (χ1n) is 4.54. The minimum absolute atomic E-state index is 0.559. The van der Waals surface area contributed by atoms with Crippen molar-refractivity contribution in [2.75, 3.05) is 5.75 Å². The molecular weight excluding hydrogens is 242 g/mol. The first kappa shape index (κ1) is 11.1. The highest BCUT2D eigenvalue weighted by molar-refractivity contribution is 7.99. The number of aromatic nitrogens is 3. The molecule has 0 saturated heterocycles. The van der Waals surface area contributed by atoms with E-state index in [-0.39, 0.29) is 0 Å². The molecule has 0 spiro atoms. The molecule has 5 heteroatoms. The molecule has 16 heavy (non-hydrogen) atoms. The van der Waals surface area contributed by atoms with E-state index in [0.717, 1.165) is 10.8 Å². The molecule has 1 heterocycles. The molecule has 3 nitrogen and oxygen atoms in total. The van der Waals surface area contributed by atoms with Crippen molar-refractivity contribution in [2.45, 2.75) is 5.16 Å². The number of halogens is 1. The zero-order valence-corrected chi connectivity index (χ0v) is 9.87. The Morgan fingerprint density at radius 3 is 3.00 bits per heavy atom. The SMILES string of the molecule is C#CCSc1nncn1-c1ccccc1Cl. The Kier molecular flexibility index (Phi) is 3.50. The number of rotatable bonds is 3. The lowest BCUT2D eigenvalue weighted by Crippen LogP contribution is -1.95. The summed E-state index contributed by atoms with van der Waals surface area (Å²) >= 11 is 7.55. The van der Waals surface area contributed by atoms with E-state index >= 15 is 0 Å². The average Bonchev–Trinajstić information content (AvgIpc) is 2.75. The Hall–Kier alpha value is -1.44. The summed E-state index contributed by atoms with van der Waals surface area (Å²) in [5.74, 6) is 3.11. The summed E-state index contributed by atoms with van der Waals surface area (Å²) in [6.45, 7) is 0. The van der Waals surface area contributed by atoms with Crippen molar-refractivity contribution >= 4 is 23.4 Å². The monoisotopic (exact) mass is 249 g/mol. The van der Waals surface area contributed by atoms with Crippen LogP contribution in [0, 0.1) is 12.3 Å². The van der Waals surface area contributed by atoms with Gasteiger partial charge in [0.15, 0.2) is 5.16 Å². The van der Waals surface area contributed by atoms with Gasteiger partial charge in [0, 0.05) is 0 Å². The molecule has 80 valence electrons. The number of hydrogen-bond acceptors (Lipinski definition) is 3. The van der Waals surface area contributed by atoms with Crippen molar-refractivity contribution in [3.8, 4) is 18.0 Å². The summed E-state index contributed by atoms with van der Waals surface area (Å²) < 4.78 is 1.82. The van der Waals surface area contributed by atoms with E-state index < -0.39 is 0 Å². The Morgan fingerprint density at radius 1 is 1.44 bits per heavy atom. The van der Waals surface area contributed by atoms with Crippen molar-refractivity contribution in [3.05, 3.63) is 35.6 Å². The van der Waals surface area contributed by atoms with Crippen molar-refractivity contribution < 1.29 is 0 Å². The molecule has 0 unspecified atom stereocenters. The lowest BCUT2D eigenvalue weighted by Gasteiger charge is -2.06. The van der Waals surface area contributed by atoms with E-state index in [1.54, 1.807) is 6.33 Å². The Balaban J connectivity index is 2.38. The summed E-state index contributed by atoms with van der Waals surface area (Å²) in [7, 11) is 0. The predicted octanol–water partition coefficient (Wildman–Crippen LogP) is 2.65. The van der Waals surface area contributed by atoms with E-state index in [1.165, 1.54) is 11.8 Å². The van der Waals surface area contributed by atoms with Gasteiger partial charge >= 0.3 is 0 Å². The quantitative estimate of drug-likeness (QED) is 0.619. The lowest BCUT2D eigenvalue weighted by molar-refractivity contribution is 0.886. The third-order valence-corrected chi connectivity index (χ3v) is 3.08. The Morgan fingerprint density at radius 2 is 2.25 bits per heavy atom. The van der Waals surface area contributed by atoms with Gasteiger partial charge in [-0.1, -0.05) is 41.4 Å². The largest absolute Gasteiger partial charge is 0.275 e. The fraction of sp³-hybridized carbons (Fsp3) is 0.0909. The highest BCUT2D eigenvalue weighted by Crippen LogP contribution is 2.24. The molecule has 1 aromatic heterocycles. The normalized spacial score (nSPS) is 10.0. The van der Waals surface area contributed by atoms with Gasteiger partial charge in [0.05, 0.1) is 16.5 Å². The molecule has 0 bridgehead atoms. The molecule has 0 aliphatic heterocycles. The lowest BCUT2D eigenvalue weighted by atomic mass is 10.3. The van der Waals surface area contributed by atoms with Gasteiger partial charge in [0.25, 0.3) is 0 Å². The summed E-state index contributed by atoms with van der Waals surface area (Å²) in [6.07, 6.45) is 6.83. The maximum Gasteiger partial charge on any atom is 0.196 e. The van der Waals surface area contributed by atoms with Crippen molar-refractivity contribution in [1.29, 1.82) is 0 Å². The highest BCUT2D eigenvalue weighted by Gasteiger charge is 2.08. The van der Waals surface area contributed by atoms with E-state index in [2.05, 4.69) is 16.1 Å². The molecule has 0 saturated carbocycles. The summed E-state index contributed by atoms with van der Waals surface area (Å²) in [5, 5.41) is 9.25. The maximum absolute atomic E-state index is 6.10. The van der Waals surface area contributed by atoms with Crippen molar-refractivity contribution in [3.63, 3.8) is 0 Å². The van der Waals surface area contributed by atoms with Crippen LogP contribution in [0.2, 0.25) is 5.02 Å². The van der Waals surface area contributed by atoms with E-state index in [4.69, 9.17) is 18.0 Å². The Labute approximate surface area is 103 Å². The topological polar surface area (TPSA) is 30.7 Å². The fourth-order valence-corrected chi connectivity index (χ4v) is 2.07. The first-order chi connectivity index (χ1) is 7.83. The van der Waals surface area contributed by atoms with E-state index in [1.807, 2.05) is 28.8 Å². The molecule has 0 radical (unpaired) electrons. The zero-order valence-electron chi connectivity index (χ0n) is 8.30. The van der Waals surface area contributed by atoms with Crippen LogP contribution in [-0.2, 0) is 0 Å². The number of terminal acetylenes is 1. The standard InChI is InChI=1S/C11H8ClN3S/c1-2-7-16-11-14-13-8-15(11)10-6-4-3-5-9(10)12/h1,3-6,8H,7H2. The zero-order chi connectivity index (χ0) is 11.4. The molecule has 0 amide bonds. The van der Waals surface area contributed by atoms with Gasteiger partial charge in [0.2, 0.25) is 0 Å². The van der Waals surface area contributed by atoms with Crippen LogP contribution in [0.15, 0.2) is 35.7 Å². The molecule has 0 aliphatic carbocycles. The molecule has 2 rings (SSSR count). The highest BCUT2D eigenvalue weighted by atomic mass is 35.5. The molecule has 1 aromatic carbocycles. The van der Waals surface area contributed by atoms with Crippen LogP contribution in [0.5, 0.6) is 0 Å².